The maximum atomic E-state index is 12.6. The summed E-state index contributed by atoms with van der Waals surface area (Å²) in [6.45, 7) is 7.92. The molecule has 1 aromatic heterocycles. The number of para-hydroxylation sites is 1. The van der Waals surface area contributed by atoms with Crippen LogP contribution in [0.4, 0.5) is 0 Å². The van der Waals surface area contributed by atoms with Gasteiger partial charge in [0.15, 0.2) is 11.8 Å². The molecule has 26 heavy (non-hydrogen) atoms. The zero-order valence-corrected chi connectivity index (χ0v) is 15.4. The minimum absolute atomic E-state index is 0.0146. The summed E-state index contributed by atoms with van der Waals surface area (Å²) < 4.78 is 5.35. The predicted octanol–water partition coefficient (Wildman–Crippen LogP) is 4.29. The average molecular weight is 350 g/mol. The van der Waals surface area contributed by atoms with E-state index in [2.05, 4.69) is 31.0 Å². The van der Waals surface area contributed by atoms with E-state index in [4.69, 9.17) is 4.74 Å². The van der Waals surface area contributed by atoms with Gasteiger partial charge in [0.1, 0.15) is 0 Å². The third kappa shape index (κ3) is 3.52. The third-order valence-electron chi connectivity index (χ3n) is 4.35. The molecule has 0 amide bonds. The highest BCUT2D eigenvalue weighted by Gasteiger charge is 2.23. The number of fused-ring (bicyclic) bond motifs is 1. The van der Waals surface area contributed by atoms with Crippen molar-refractivity contribution in [2.75, 3.05) is 0 Å². The van der Waals surface area contributed by atoms with Crippen LogP contribution in [0.3, 0.4) is 0 Å². The number of nitrogens with zero attached hydrogens (tertiary/aromatic N) is 1. The zero-order chi connectivity index (χ0) is 18.9. The van der Waals surface area contributed by atoms with Gasteiger partial charge in [-0.3, -0.25) is 9.89 Å². The van der Waals surface area contributed by atoms with Crippen molar-refractivity contribution in [1.82, 2.24) is 10.2 Å². The number of H-pyrrole nitrogens is 1. The number of esters is 1. The van der Waals surface area contributed by atoms with Gasteiger partial charge in [0.25, 0.3) is 0 Å². The van der Waals surface area contributed by atoms with Crippen LogP contribution in [0.1, 0.15) is 54.1 Å². The van der Waals surface area contributed by atoms with E-state index < -0.39 is 12.1 Å². The van der Waals surface area contributed by atoms with Crippen LogP contribution in [0.15, 0.2) is 48.5 Å². The number of carbonyl (C=O) groups is 2. The number of hydrogen-bond acceptors (Lipinski definition) is 4. The lowest BCUT2D eigenvalue weighted by Gasteiger charge is -2.19. The number of aromatic amines is 1. The maximum Gasteiger partial charge on any atom is 0.360 e. The number of hydrogen-bond donors (Lipinski definition) is 1. The van der Waals surface area contributed by atoms with Crippen molar-refractivity contribution in [1.29, 1.82) is 0 Å². The van der Waals surface area contributed by atoms with Gasteiger partial charge in [0.2, 0.25) is 5.78 Å². The lowest BCUT2D eigenvalue weighted by Crippen LogP contribution is -2.25. The monoisotopic (exact) mass is 350 g/mol. The fourth-order valence-corrected chi connectivity index (χ4v) is 2.76. The Morgan fingerprint density at radius 3 is 2.35 bits per heavy atom. The number of ketones is 1. The van der Waals surface area contributed by atoms with E-state index in [1.807, 2.05) is 30.3 Å². The molecule has 0 fully saturated rings. The first-order chi connectivity index (χ1) is 12.3. The summed E-state index contributed by atoms with van der Waals surface area (Å²) in [5.41, 5.74) is 2.60. The SMILES string of the molecule is C[C@H](OC(=O)c1n[nH]c2ccccc12)C(=O)c1ccc(C(C)(C)C)cc1. The van der Waals surface area contributed by atoms with Crippen molar-refractivity contribution in [2.45, 2.75) is 39.2 Å². The smallest absolute Gasteiger partial charge is 0.360 e. The molecule has 1 N–H and O–H groups in total. The summed E-state index contributed by atoms with van der Waals surface area (Å²) in [5.74, 6) is -0.853. The van der Waals surface area contributed by atoms with Gasteiger partial charge in [0, 0.05) is 10.9 Å². The van der Waals surface area contributed by atoms with Gasteiger partial charge in [-0.15, -0.1) is 0 Å². The second kappa shape index (κ2) is 6.75. The van der Waals surface area contributed by atoms with Crippen LogP contribution in [0, 0.1) is 0 Å². The summed E-state index contributed by atoms with van der Waals surface area (Å²) in [4.78, 5) is 25.0. The molecule has 0 aliphatic rings. The quantitative estimate of drug-likeness (QED) is 0.563. The Balaban J connectivity index is 1.74. The Kier molecular flexibility index (Phi) is 4.64. The normalized spacial score (nSPS) is 12.8. The summed E-state index contributed by atoms with van der Waals surface area (Å²) >= 11 is 0. The van der Waals surface area contributed by atoms with E-state index in [0.29, 0.717) is 10.9 Å². The van der Waals surface area contributed by atoms with Crippen LogP contribution in [0.5, 0.6) is 0 Å². The first kappa shape index (κ1) is 17.9. The molecule has 3 rings (SSSR count). The summed E-state index contributed by atoms with van der Waals surface area (Å²) in [6.07, 6.45) is -0.890. The van der Waals surface area contributed by atoms with Gasteiger partial charge >= 0.3 is 5.97 Å². The molecule has 1 atom stereocenters. The first-order valence-electron chi connectivity index (χ1n) is 8.56. The first-order valence-corrected chi connectivity index (χ1v) is 8.56. The van der Waals surface area contributed by atoms with E-state index in [-0.39, 0.29) is 16.9 Å². The van der Waals surface area contributed by atoms with Gasteiger partial charge in [0.05, 0.1) is 5.52 Å². The van der Waals surface area contributed by atoms with Crippen LogP contribution >= 0.6 is 0 Å². The summed E-state index contributed by atoms with van der Waals surface area (Å²) in [7, 11) is 0. The molecule has 0 saturated carbocycles. The second-order valence-corrected chi connectivity index (χ2v) is 7.36. The molecule has 5 heteroatoms. The number of benzene rings is 2. The molecule has 134 valence electrons. The largest absolute Gasteiger partial charge is 0.449 e. The van der Waals surface area contributed by atoms with Crippen LogP contribution in [-0.4, -0.2) is 28.1 Å². The Hall–Kier alpha value is -2.95. The van der Waals surface area contributed by atoms with Crippen LogP contribution in [0.2, 0.25) is 0 Å². The maximum absolute atomic E-state index is 12.6. The van der Waals surface area contributed by atoms with Crippen LogP contribution < -0.4 is 0 Å². The fourth-order valence-electron chi connectivity index (χ4n) is 2.76. The molecule has 0 aliphatic heterocycles. The Bertz CT molecular complexity index is 949. The summed E-state index contributed by atoms with van der Waals surface area (Å²) in [6, 6.07) is 14.7. The minimum Gasteiger partial charge on any atom is -0.449 e. The van der Waals surface area contributed by atoms with Crippen LogP contribution in [0.25, 0.3) is 10.9 Å². The molecule has 0 spiro atoms. The molecule has 0 saturated heterocycles. The lowest BCUT2D eigenvalue weighted by atomic mass is 9.86. The standard InChI is InChI=1S/C21H22N2O3/c1-13(19(24)14-9-11-15(12-10-14)21(2,3)4)26-20(25)18-16-7-5-6-8-17(16)22-23-18/h5-13H,1-4H3,(H,22,23)/t13-/m0/s1. The van der Waals surface area contributed by atoms with Crippen molar-refractivity contribution in [3.8, 4) is 0 Å². The molecular formula is C21H22N2O3. The second-order valence-electron chi connectivity index (χ2n) is 7.36. The van der Waals surface area contributed by atoms with Gasteiger partial charge in [-0.1, -0.05) is 63.2 Å². The van der Waals surface area contributed by atoms with E-state index in [0.717, 1.165) is 11.1 Å². The number of nitrogens with one attached hydrogen (secondary N) is 1. The van der Waals surface area contributed by atoms with Crippen molar-refractivity contribution in [3.63, 3.8) is 0 Å². The van der Waals surface area contributed by atoms with Gasteiger partial charge in [-0.05, 0) is 24.0 Å². The molecule has 1 heterocycles. The lowest BCUT2D eigenvalue weighted by molar-refractivity contribution is 0.0315. The highest BCUT2D eigenvalue weighted by molar-refractivity contribution is 6.04. The minimum atomic E-state index is -0.890. The molecule has 0 radical (unpaired) electrons. The van der Waals surface area contributed by atoms with Crippen molar-refractivity contribution < 1.29 is 14.3 Å². The molecular weight excluding hydrogens is 328 g/mol. The molecule has 2 aromatic carbocycles. The number of carbonyl (C=O) groups excluding carboxylic acids is 2. The molecule has 5 nitrogen and oxygen atoms in total. The Morgan fingerprint density at radius 2 is 1.69 bits per heavy atom. The molecule has 0 unspecified atom stereocenters. The average Bonchev–Trinajstić information content (AvgIpc) is 3.04. The van der Waals surface area contributed by atoms with Crippen molar-refractivity contribution in [3.05, 3.63) is 65.4 Å². The van der Waals surface area contributed by atoms with Gasteiger partial charge < -0.3 is 4.74 Å². The highest BCUT2D eigenvalue weighted by atomic mass is 16.5. The Morgan fingerprint density at radius 1 is 1.04 bits per heavy atom. The number of aromatic nitrogens is 2. The molecule has 0 bridgehead atoms. The fraction of sp³-hybridized carbons (Fsp3) is 0.286. The topological polar surface area (TPSA) is 72.0 Å². The predicted molar refractivity (Wildman–Crippen MR) is 100 cm³/mol. The van der Waals surface area contributed by atoms with Crippen LogP contribution in [-0.2, 0) is 10.2 Å². The van der Waals surface area contributed by atoms with E-state index in [1.54, 1.807) is 25.1 Å². The molecule has 3 aromatic rings. The van der Waals surface area contributed by atoms with E-state index in [1.165, 1.54) is 0 Å². The van der Waals surface area contributed by atoms with Gasteiger partial charge in [-0.2, -0.15) is 5.10 Å². The Labute approximate surface area is 152 Å². The zero-order valence-electron chi connectivity index (χ0n) is 15.4. The van der Waals surface area contributed by atoms with E-state index >= 15 is 0 Å². The van der Waals surface area contributed by atoms with Crippen molar-refractivity contribution >= 4 is 22.7 Å². The summed E-state index contributed by atoms with van der Waals surface area (Å²) in [5, 5.41) is 7.47. The van der Waals surface area contributed by atoms with E-state index in [9.17, 15) is 9.59 Å². The third-order valence-corrected chi connectivity index (χ3v) is 4.35. The molecule has 0 aliphatic carbocycles. The number of rotatable bonds is 4. The van der Waals surface area contributed by atoms with Gasteiger partial charge in [-0.25, -0.2) is 4.79 Å². The van der Waals surface area contributed by atoms with Crippen molar-refractivity contribution in [2.24, 2.45) is 0 Å². The number of ether oxygens (including phenoxy) is 1. The highest BCUT2D eigenvalue weighted by Crippen LogP contribution is 2.23. The number of Topliss-reactive ketones (excluding diaryl/α,β-unsaturated/α-hetero) is 1.